The van der Waals surface area contributed by atoms with Crippen LogP contribution in [-0.2, 0) is 11.3 Å². The van der Waals surface area contributed by atoms with Crippen molar-refractivity contribution in [1.29, 1.82) is 0 Å². The maximum absolute atomic E-state index is 11.9. The highest BCUT2D eigenvalue weighted by Crippen LogP contribution is 2.28. The Kier molecular flexibility index (Phi) is 8.09. The summed E-state index contributed by atoms with van der Waals surface area (Å²) in [5.41, 5.74) is 0.917. The van der Waals surface area contributed by atoms with Gasteiger partial charge in [-0.2, -0.15) is 0 Å². The van der Waals surface area contributed by atoms with Crippen molar-refractivity contribution in [3.05, 3.63) is 53.1 Å². The summed E-state index contributed by atoms with van der Waals surface area (Å²) >= 11 is 5.88. The molecule has 1 amide bonds. The number of nitrogens with one attached hydrogen (secondary N) is 1. The maximum atomic E-state index is 11.9. The molecular weight excluding hydrogens is 354 g/mol. The summed E-state index contributed by atoms with van der Waals surface area (Å²) in [6.07, 6.45) is 2.07. The van der Waals surface area contributed by atoms with Crippen molar-refractivity contribution in [3.8, 4) is 17.2 Å². The Hall–Kier alpha value is -2.40. The molecule has 0 saturated heterocycles. The summed E-state index contributed by atoms with van der Waals surface area (Å²) < 4.78 is 16.5. The molecule has 0 aliphatic carbocycles. The minimum Gasteiger partial charge on any atom is -0.493 e. The van der Waals surface area contributed by atoms with Gasteiger partial charge < -0.3 is 19.5 Å². The van der Waals surface area contributed by atoms with E-state index in [0.717, 1.165) is 18.4 Å². The molecule has 0 atom stereocenters. The molecule has 0 bridgehead atoms. The number of hydrogen-bond acceptors (Lipinski definition) is 4. The van der Waals surface area contributed by atoms with Crippen LogP contribution in [0.5, 0.6) is 17.2 Å². The summed E-state index contributed by atoms with van der Waals surface area (Å²) in [5, 5.41) is 3.38. The van der Waals surface area contributed by atoms with E-state index >= 15 is 0 Å². The van der Waals surface area contributed by atoms with Gasteiger partial charge in [0.2, 0.25) is 0 Å². The average Bonchev–Trinajstić information content (AvgIpc) is 2.65. The fraction of sp³-hybridized carbons (Fsp3) is 0.350. The number of rotatable bonds is 10. The van der Waals surface area contributed by atoms with Crippen LogP contribution in [0.1, 0.15) is 25.3 Å². The minimum atomic E-state index is -0.216. The molecule has 0 aliphatic rings. The number of carbonyl (C=O) groups is 1. The quantitative estimate of drug-likeness (QED) is 0.630. The van der Waals surface area contributed by atoms with E-state index < -0.39 is 0 Å². The van der Waals surface area contributed by atoms with E-state index in [2.05, 4.69) is 12.2 Å². The van der Waals surface area contributed by atoms with Gasteiger partial charge in [-0.3, -0.25) is 4.79 Å². The third kappa shape index (κ3) is 6.48. The Morgan fingerprint density at radius 3 is 2.69 bits per heavy atom. The van der Waals surface area contributed by atoms with Gasteiger partial charge in [0.1, 0.15) is 5.75 Å². The van der Waals surface area contributed by atoms with Gasteiger partial charge in [0.25, 0.3) is 5.91 Å². The zero-order valence-corrected chi connectivity index (χ0v) is 15.8. The van der Waals surface area contributed by atoms with Gasteiger partial charge in [-0.1, -0.05) is 37.1 Å². The van der Waals surface area contributed by atoms with Crippen molar-refractivity contribution in [2.24, 2.45) is 0 Å². The van der Waals surface area contributed by atoms with E-state index in [1.54, 1.807) is 31.4 Å². The standard InChI is InChI=1S/C20H24ClNO4/c1-3-4-10-25-18-9-8-15(11-19(18)24-2)13-22-20(23)14-26-17-7-5-6-16(21)12-17/h5-9,11-12H,3-4,10,13-14H2,1-2H3,(H,22,23). The van der Waals surface area contributed by atoms with Crippen LogP contribution >= 0.6 is 11.6 Å². The second-order valence-electron chi connectivity index (χ2n) is 5.71. The molecule has 0 radical (unpaired) electrons. The largest absolute Gasteiger partial charge is 0.493 e. The average molecular weight is 378 g/mol. The molecular formula is C20H24ClNO4. The fourth-order valence-corrected chi connectivity index (χ4v) is 2.41. The molecule has 2 aromatic carbocycles. The Morgan fingerprint density at radius 1 is 1.12 bits per heavy atom. The Bertz CT molecular complexity index is 721. The monoisotopic (exact) mass is 377 g/mol. The van der Waals surface area contributed by atoms with E-state index in [1.807, 2.05) is 18.2 Å². The van der Waals surface area contributed by atoms with Crippen molar-refractivity contribution in [2.75, 3.05) is 20.3 Å². The predicted octanol–water partition coefficient (Wildman–Crippen LogP) is 4.22. The van der Waals surface area contributed by atoms with Crippen molar-refractivity contribution < 1.29 is 19.0 Å². The lowest BCUT2D eigenvalue weighted by Crippen LogP contribution is -2.28. The highest BCUT2D eigenvalue weighted by atomic mass is 35.5. The Morgan fingerprint density at radius 2 is 1.96 bits per heavy atom. The number of methoxy groups -OCH3 is 1. The topological polar surface area (TPSA) is 56.8 Å². The van der Waals surface area contributed by atoms with Crippen LogP contribution in [0.4, 0.5) is 0 Å². The molecule has 140 valence electrons. The van der Waals surface area contributed by atoms with Gasteiger partial charge in [0, 0.05) is 11.6 Å². The van der Waals surface area contributed by atoms with Crippen molar-refractivity contribution in [3.63, 3.8) is 0 Å². The van der Waals surface area contributed by atoms with Gasteiger partial charge in [0.15, 0.2) is 18.1 Å². The van der Waals surface area contributed by atoms with Crippen LogP contribution in [0.3, 0.4) is 0 Å². The lowest BCUT2D eigenvalue weighted by Gasteiger charge is -2.12. The zero-order valence-electron chi connectivity index (χ0n) is 15.1. The van der Waals surface area contributed by atoms with Gasteiger partial charge in [0.05, 0.1) is 13.7 Å². The molecule has 0 fully saturated rings. The molecule has 0 saturated carbocycles. The normalized spacial score (nSPS) is 10.3. The second-order valence-corrected chi connectivity index (χ2v) is 6.15. The van der Waals surface area contributed by atoms with E-state index in [-0.39, 0.29) is 12.5 Å². The van der Waals surface area contributed by atoms with E-state index in [0.29, 0.717) is 35.4 Å². The van der Waals surface area contributed by atoms with Gasteiger partial charge in [-0.05, 0) is 42.3 Å². The van der Waals surface area contributed by atoms with Crippen LogP contribution in [0.25, 0.3) is 0 Å². The van der Waals surface area contributed by atoms with Gasteiger partial charge in [-0.15, -0.1) is 0 Å². The number of unbranched alkanes of at least 4 members (excludes halogenated alkanes) is 1. The smallest absolute Gasteiger partial charge is 0.258 e. The molecule has 0 aromatic heterocycles. The van der Waals surface area contributed by atoms with Crippen molar-refractivity contribution in [1.82, 2.24) is 5.32 Å². The van der Waals surface area contributed by atoms with Gasteiger partial charge in [-0.25, -0.2) is 0 Å². The van der Waals surface area contributed by atoms with Crippen molar-refractivity contribution in [2.45, 2.75) is 26.3 Å². The van der Waals surface area contributed by atoms with Crippen LogP contribution in [0.2, 0.25) is 5.02 Å². The molecule has 5 nitrogen and oxygen atoms in total. The number of halogens is 1. The first-order valence-electron chi connectivity index (χ1n) is 8.57. The van der Waals surface area contributed by atoms with E-state index in [4.69, 9.17) is 25.8 Å². The van der Waals surface area contributed by atoms with Crippen LogP contribution in [-0.4, -0.2) is 26.2 Å². The molecule has 0 spiro atoms. The number of hydrogen-bond donors (Lipinski definition) is 1. The molecule has 1 N–H and O–H groups in total. The first-order chi connectivity index (χ1) is 12.6. The molecule has 6 heteroatoms. The lowest BCUT2D eigenvalue weighted by atomic mass is 10.2. The fourth-order valence-electron chi connectivity index (χ4n) is 2.23. The van der Waals surface area contributed by atoms with E-state index in [9.17, 15) is 4.79 Å². The molecule has 2 aromatic rings. The minimum absolute atomic E-state index is 0.0737. The first kappa shape index (κ1) is 19.9. The summed E-state index contributed by atoms with van der Waals surface area (Å²) in [7, 11) is 1.60. The number of ether oxygens (including phenoxy) is 3. The highest BCUT2D eigenvalue weighted by molar-refractivity contribution is 6.30. The summed E-state index contributed by atoms with van der Waals surface area (Å²) in [6.45, 7) is 3.07. The summed E-state index contributed by atoms with van der Waals surface area (Å²) in [5.74, 6) is 1.71. The summed E-state index contributed by atoms with van der Waals surface area (Å²) in [6, 6.07) is 12.6. The van der Waals surface area contributed by atoms with Crippen LogP contribution in [0, 0.1) is 0 Å². The summed E-state index contributed by atoms with van der Waals surface area (Å²) in [4.78, 5) is 11.9. The maximum Gasteiger partial charge on any atom is 0.258 e. The molecule has 0 unspecified atom stereocenters. The van der Waals surface area contributed by atoms with Crippen molar-refractivity contribution >= 4 is 17.5 Å². The Balaban J connectivity index is 1.83. The third-order valence-corrected chi connectivity index (χ3v) is 3.87. The number of carbonyl (C=O) groups excluding carboxylic acids is 1. The SMILES string of the molecule is CCCCOc1ccc(CNC(=O)COc2cccc(Cl)c2)cc1OC. The Labute approximate surface area is 159 Å². The molecule has 26 heavy (non-hydrogen) atoms. The molecule has 0 aliphatic heterocycles. The predicted molar refractivity (Wildman–Crippen MR) is 102 cm³/mol. The number of benzene rings is 2. The second kappa shape index (κ2) is 10.6. The van der Waals surface area contributed by atoms with Crippen LogP contribution in [0.15, 0.2) is 42.5 Å². The molecule has 2 rings (SSSR count). The first-order valence-corrected chi connectivity index (χ1v) is 8.95. The molecule has 0 heterocycles. The van der Waals surface area contributed by atoms with Crippen LogP contribution < -0.4 is 19.5 Å². The number of amides is 1. The third-order valence-electron chi connectivity index (χ3n) is 3.64. The zero-order chi connectivity index (χ0) is 18.8. The van der Waals surface area contributed by atoms with E-state index in [1.165, 1.54) is 0 Å². The van der Waals surface area contributed by atoms with Gasteiger partial charge >= 0.3 is 0 Å². The lowest BCUT2D eigenvalue weighted by molar-refractivity contribution is -0.123. The highest BCUT2D eigenvalue weighted by Gasteiger charge is 2.08.